The number of fused-ring (bicyclic) bond motifs is 3. The predicted octanol–water partition coefficient (Wildman–Crippen LogP) is 13.0. The largest absolute Gasteiger partial charge is 0.500 e. The maximum Gasteiger partial charge on any atom is 0.160 e. The third kappa shape index (κ3) is 8.25. The summed E-state index contributed by atoms with van der Waals surface area (Å²) in [6.45, 7) is 0. The maximum absolute atomic E-state index is 6.59. The van der Waals surface area contributed by atoms with Gasteiger partial charge in [-0.3, -0.25) is 9.67 Å². The first kappa shape index (κ1) is 39.7. The fourth-order valence-electron chi connectivity index (χ4n) is 8.31. The average molecular weight is 971 g/mol. The van der Waals surface area contributed by atoms with Crippen LogP contribution in [-0.4, -0.2) is 29.3 Å². The number of imidazole rings is 1. The number of nitrogens with zero attached hydrogens (tertiary/aromatic N) is 6. The number of hydrogen-bond acceptors (Lipinski definition) is 5. The molecule has 1 saturated carbocycles. The Morgan fingerprint density at radius 1 is 0.639 bits per heavy atom. The van der Waals surface area contributed by atoms with Crippen LogP contribution in [-0.2, 0) is 27.2 Å². The molecule has 6 aromatic carbocycles. The molecule has 8 heteroatoms. The van der Waals surface area contributed by atoms with E-state index >= 15 is 0 Å². The molecule has 1 aliphatic carbocycles. The number of aryl methyl sites for hydroxylation is 1. The quantitative estimate of drug-likeness (QED) is 0.149. The van der Waals surface area contributed by atoms with Gasteiger partial charge in [0, 0.05) is 73.4 Å². The average Bonchev–Trinajstić information content (AvgIpc) is 4.09. The van der Waals surface area contributed by atoms with Crippen molar-refractivity contribution in [3.63, 3.8) is 0 Å². The van der Waals surface area contributed by atoms with Crippen molar-refractivity contribution >= 4 is 21.9 Å². The molecule has 10 aromatic rings. The molecule has 0 unspecified atom stereocenters. The molecule has 61 heavy (non-hydrogen) atoms. The maximum atomic E-state index is 6.59. The number of aromatic nitrogens is 6. The molecular weight excluding hydrogens is 929 g/mol. The van der Waals surface area contributed by atoms with Crippen molar-refractivity contribution in [2.24, 2.45) is 7.05 Å². The Labute approximate surface area is 369 Å². The monoisotopic (exact) mass is 971 g/mol. The summed E-state index contributed by atoms with van der Waals surface area (Å²) in [6, 6.07) is 56.0. The molecule has 4 aromatic heterocycles. The molecule has 301 valence electrons. The van der Waals surface area contributed by atoms with E-state index in [1.807, 2.05) is 120 Å². The molecule has 0 aliphatic heterocycles. The van der Waals surface area contributed by atoms with Gasteiger partial charge in [0.1, 0.15) is 5.58 Å². The molecule has 0 bridgehead atoms. The molecular formula is C53H42IrN6O-2. The molecule has 4 heterocycles. The van der Waals surface area contributed by atoms with E-state index in [9.17, 15) is 0 Å². The van der Waals surface area contributed by atoms with E-state index in [0.717, 1.165) is 78.6 Å². The van der Waals surface area contributed by atoms with Gasteiger partial charge >= 0.3 is 0 Å². The van der Waals surface area contributed by atoms with Gasteiger partial charge in [-0.25, -0.2) is 9.97 Å². The van der Waals surface area contributed by atoms with Crippen molar-refractivity contribution in [1.29, 1.82) is 0 Å². The smallest absolute Gasteiger partial charge is 0.160 e. The summed E-state index contributed by atoms with van der Waals surface area (Å²) in [6.07, 6.45) is 14.6. The molecule has 11 rings (SSSR count). The van der Waals surface area contributed by atoms with Crippen LogP contribution >= 0.6 is 0 Å². The van der Waals surface area contributed by atoms with Crippen molar-refractivity contribution in [3.8, 4) is 62.1 Å². The SMILES string of the molecule is Cn1ccnc1-c1[c-]ccc2c1oc1c(-c3cc(-c4ccccc4)nc(-c4ccccc4)n3)cccc12.[Ir].[c-]1ccccc1-n1cc(-c2ccc(C3CCCCC3)cc2)cn1. The summed E-state index contributed by atoms with van der Waals surface area (Å²) in [7, 11) is 1.97. The molecule has 1 radical (unpaired) electrons. The van der Waals surface area contributed by atoms with Crippen LogP contribution in [0.5, 0.6) is 0 Å². The Morgan fingerprint density at radius 3 is 2.11 bits per heavy atom. The summed E-state index contributed by atoms with van der Waals surface area (Å²) in [5.74, 6) is 2.25. The normalized spacial score (nSPS) is 12.8. The van der Waals surface area contributed by atoms with Gasteiger partial charge in [-0.05, 0) is 47.7 Å². The summed E-state index contributed by atoms with van der Waals surface area (Å²) in [4.78, 5) is 14.5. The number of rotatable bonds is 7. The van der Waals surface area contributed by atoms with Gasteiger partial charge in [0.15, 0.2) is 5.82 Å². The van der Waals surface area contributed by atoms with Gasteiger partial charge < -0.3 is 8.98 Å². The van der Waals surface area contributed by atoms with E-state index in [-0.39, 0.29) is 20.1 Å². The van der Waals surface area contributed by atoms with E-state index < -0.39 is 0 Å². The molecule has 0 amide bonds. The van der Waals surface area contributed by atoms with E-state index in [1.165, 1.54) is 43.2 Å². The Morgan fingerprint density at radius 2 is 1.38 bits per heavy atom. The molecule has 0 spiro atoms. The summed E-state index contributed by atoms with van der Waals surface area (Å²) in [5, 5.41) is 6.51. The van der Waals surface area contributed by atoms with Crippen LogP contribution in [0.2, 0.25) is 0 Å². The predicted molar refractivity (Wildman–Crippen MR) is 240 cm³/mol. The van der Waals surface area contributed by atoms with Crippen molar-refractivity contribution in [2.75, 3.05) is 0 Å². The van der Waals surface area contributed by atoms with E-state index in [4.69, 9.17) is 14.4 Å². The van der Waals surface area contributed by atoms with Crippen LogP contribution in [0, 0.1) is 12.1 Å². The van der Waals surface area contributed by atoms with Gasteiger partial charge in [0.2, 0.25) is 0 Å². The van der Waals surface area contributed by atoms with Gasteiger partial charge in [0.25, 0.3) is 0 Å². The molecule has 1 aliphatic rings. The third-order valence-corrected chi connectivity index (χ3v) is 11.4. The van der Waals surface area contributed by atoms with Crippen LogP contribution in [0.3, 0.4) is 0 Å². The van der Waals surface area contributed by atoms with Crippen LogP contribution in [0.25, 0.3) is 84.0 Å². The van der Waals surface area contributed by atoms with Crippen LogP contribution in [0.4, 0.5) is 0 Å². The Bertz CT molecular complexity index is 2960. The van der Waals surface area contributed by atoms with Crippen LogP contribution in [0.1, 0.15) is 43.6 Å². The Kier molecular flexibility index (Phi) is 11.6. The molecule has 0 N–H and O–H groups in total. The standard InChI is InChI=1S/C32H21N4O.C21H21N2.Ir/c1-36-19-18-33-32(36)26-17-9-15-24-23-14-8-16-25(29(23)37-30(24)26)28-20-27(21-10-4-2-5-11-21)34-31(35-28)22-12-6-3-7-13-22;1-3-7-17(8-4-1)18-11-13-19(14-12-18)20-15-22-23(16-20)21-9-5-2-6-10-21;/h2-16,18-20H,1H3;2,5-6,9,11-17H,1,3-4,7-8H2;/q2*-1;. The zero-order chi connectivity index (χ0) is 40.3. The summed E-state index contributed by atoms with van der Waals surface area (Å²) in [5.41, 5.74) is 11.8. The second-order valence-electron chi connectivity index (χ2n) is 15.3. The Hall–Kier alpha value is -6.73. The second kappa shape index (κ2) is 17.9. The van der Waals surface area contributed by atoms with Crippen molar-refractivity contribution in [1.82, 2.24) is 29.3 Å². The minimum atomic E-state index is 0. The molecule has 0 atom stereocenters. The number of benzene rings is 6. The van der Waals surface area contributed by atoms with Crippen LogP contribution in [0.15, 0.2) is 175 Å². The van der Waals surface area contributed by atoms with E-state index in [0.29, 0.717) is 5.82 Å². The van der Waals surface area contributed by atoms with Gasteiger partial charge in [-0.15, -0.1) is 24.3 Å². The first-order valence-electron chi connectivity index (χ1n) is 20.6. The zero-order valence-corrected chi connectivity index (χ0v) is 36.1. The number of para-hydroxylation sites is 2. The fraction of sp³-hybridized carbons (Fsp3) is 0.132. The second-order valence-corrected chi connectivity index (χ2v) is 15.3. The van der Waals surface area contributed by atoms with Gasteiger partial charge in [-0.2, -0.15) is 29.4 Å². The van der Waals surface area contributed by atoms with E-state index in [1.54, 1.807) is 6.20 Å². The third-order valence-electron chi connectivity index (χ3n) is 11.4. The van der Waals surface area contributed by atoms with Crippen molar-refractivity contribution < 1.29 is 24.5 Å². The minimum Gasteiger partial charge on any atom is -0.500 e. The number of hydrogen-bond donors (Lipinski definition) is 0. The topological polar surface area (TPSA) is 74.6 Å². The fourth-order valence-corrected chi connectivity index (χ4v) is 8.31. The number of furan rings is 1. The van der Waals surface area contributed by atoms with Gasteiger partial charge in [-0.1, -0.05) is 127 Å². The Balaban J connectivity index is 0.000000171. The summed E-state index contributed by atoms with van der Waals surface area (Å²) >= 11 is 0. The van der Waals surface area contributed by atoms with Crippen molar-refractivity contribution in [2.45, 2.75) is 38.0 Å². The van der Waals surface area contributed by atoms with Crippen LogP contribution < -0.4 is 0 Å². The first-order chi connectivity index (χ1) is 29.7. The first-order valence-corrected chi connectivity index (χ1v) is 20.6. The summed E-state index contributed by atoms with van der Waals surface area (Å²) < 4.78 is 10.4. The molecule has 1 fully saturated rings. The molecule has 7 nitrogen and oxygen atoms in total. The van der Waals surface area contributed by atoms with Gasteiger partial charge in [0.05, 0.1) is 29.0 Å². The zero-order valence-electron chi connectivity index (χ0n) is 33.7. The van der Waals surface area contributed by atoms with Crippen molar-refractivity contribution in [3.05, 3.63) is 188 Å². The molecule has 0 saturated heterocycles. The minimum absolute atomic E-state index is 0. The van der Waals surface area contributed by atoms with E-state index in [2.05, 4.69) is 83.0 Å².